The van der Waals surface area contributed by atoms with Gasteiger partial charge in [0.25, 0.3) is 0 Å². The number of hydrogen-bond donors (Lipinski definition) is 5. The van der Waals surface area contributed by atoms with Crippen LogP contribution in [-0.2, 0) is 24.8 Å². The summed E-state index contributed by atoms with van der Waals surface area (Å²) in [4.78, 5) is 33.4. The van der Waals surface area contributed by atoms with Crippen LogP contribution in [0.4, 0.5) is 5.82 Å². The number of carbonyl (C=O) groups excluding carboxylic acids is 2. The Kier molecular flexibility index (Phi) is 13.4. The molecule has 5 atom stereocenters. The van der Waals surface area contributed by atoms with Crippen molar-refractivity contribution in [3.8, 4) is 40.5 Å². The number of esters is 2. The predicted octanol–water partition coefficient (Wildman–Crippen LogP) is 2.92. The summed E-state index contributed by atoms with van der Waals surface area (Å²) in [6.07, 6.45) is -2.08. The maximum absolute atomic E-state index is 12.4. The van der Waals surface area contributed by atoms with Crippen molar-refractivity contribution in [3.63, 3.8) is 0 Å². The zero-order valence-corrected chi connectivity index (χ0v) is 28.9. The standard InChI is InChI=1S/C34H34ClN7O8S/c1-17(43)28(38)33(45)49-15-24(50-34(46)29(39)18(2)44)14-47-23-9-5-19(6-10-23)27-25(11-36)30(40)42-32(26(27)12-37)51-16-22-13-48-31(41-22)20-3-7-21(35)8-4-20/h3-10,13,17-18,24,28-29,43-44H,14-16,38-39H2,1-2H3,(H2,40,42). The summed E-state index contributed by atoms with van der Waals surface area (Å²) in [5.41, 5.74) is 19.7. The summed E-state index contributed by atoms with van der Waals surface area (Å²) < 4.78 is 21.8. The first-order valence-corrected chi connectivity index (χ1v) is 16.6. The number of hydrogen-bond acceptors (Lipinski definition) is 16. The molecule has 17 heteroatoms. The molecule has 8 N–H and O–H groups in total. The minimum atomic E-state index is -1.37. The van der Waals surface area contributed by atoms with Gasteiger partial charge in [-0.3, -0.25) is 9.59 Å². The quantitative estimate of drug-likeness (QED) is 0.0867. The van der Waals surface area contributed by atoms with Gasteiger partial charge < -0.3 is 46.0 Å². The van der Waals surface area contributed by atoms with Crippen molar-refractivity contribution in [2.24, 2.45) is 11.5 Å². The molecule has 0 saturated heterocycles. The summed E-state index contributed by atoms with van der Waals surface area (Å²) in [5, 5.41) is 40.2. The zero-order valence-electron chi connectivity index (χ0n) is 27.4. The molecule has 266 valence electrons. The van der Waals surface area contributed by atoms with Crippen LogP contribution in [0.3, 0.4) is 0 Å². The second-order valence-electron chi connectivity index (χ2n) is 11.1. The largest absolute Gasteiger partial charge is 0.490 e. The van der Waals surface area contributed by atoms with Crippen molar-refractivity contribution in [2.75, 3.05) is 18.9 Å². The molecule has 0 aliphatic rings. The molecule has 4 rings (SSSR count). The van der Waals surface area contributed by atoms with Crippen LogP contribution in [0.5, 0.6) is 5.75 Å². The van der Waals surface area contributed by atoms with Gasteiger partial charge in [0, 0.05) is 21.9 Å². The van der Waals surface area contributed by atoms with Gasteiger partial charge in [-0.1, -0.05) is 35.5 Å². The highest BCUT2D eigenvalue weighted by Gasteiger charge is 2.28. The highest BCUT2D eigenvalue weighted by Crippen LogP contribution is 2.37. The number of benzene rings is 2. The number of aromatic nitrogens is 2. The van der Waals surface area contributed by atoms with E-state index < -0.39 is 48.9 Å². The van der Waals surface area contributed by atoms with Gasteiger partial charge in [0.15, 0.2) is 6.10 Å². The van der Waals surface area contributed by atoms with Gasteiger partial charge in [0.1, 0.15) is 65.9 Å². The van der Waals surface area contributed by atoms with Crippen LogP contribution in [0.1, 0.15) is 30.7 Å². The minimum Gasteiger partial charge on any atom is -0.490 e. The molecule has 0 saturated carbocycles. The van der Waals surface area contributed by atoms with Gasteiger partial charge in [-0.25, -0.2) is 9.97 Å². The molecule has 51 heavy (non-hydrogen) atoms. The topological polar surface area (TPSA) is 267 Å². The number of rotatable bonds is 15. The smallest absolute Gasteiger partial charge is 0.326 e. The molecule has 0 radical (unpaired) electrons. The van der Waals surface area contributed by atoms with E-state index in [0.29, 0.717) is 22.2 Å². The Bertz CT molecular complexity index is 1920. The summed E-state index contributed by atoms with van der Waals surface area (Å²) in [6.45, 7) is 1.82. The van der Waals surface area contributed by atoms with Gasteiger partial charge >= 0.3 is 11.9 Å². The number of anilines is 1. The van der Waals surface area contributed by atoms with E-state index in [9.17, 15) is 30.3 Å². The predicted molar refractivity (Wildman–Crippen MR) is 186 cm³/mol. The summed E-state index contributed by atoms with van der Waals surface area (Å²) >= 11 is 7.16. The fourth-order valence-corrected chi connectivity index (χ4v) is 5.36. The number of nitrogen functional groups attached to an aromatic ring is 1. The van der Waals surface area contributed by atoms with Crippen LogP contribution in [0.25, 0.3) is 22.6 Å². The maximum atomic E-state index is 12.4. The normalized spacial score (nSPS) is 13.9. The number of nitrogens with zero attached hydrogens (tertiary/aromatic N) is 4. The second kappa shape index (κ2) is 17.6. The Morgan fingerprint density at radius 2 is 1.53 bits per heavy atom. The monoisotopic (exact) mass is 735 g/mol. The molecule has 15 nitrogen and oxygen atoms in total. The third-order valence-electron chi connectivity index (χ3n) is 7.27. The molecule has 2 heterocycles. The maximum Gasteiger partial charge on any atom is 0.326 e. The minimum absolute atomic E-state index is 0.00896. The van der Waals surface area contributed by atoms with Crippen molar-refractivity contribution in [1.82, 2.24) is 9.97 Å². The summed E-state index contributed by atoms with van der Waals surface area (Å²) in [7, 11) is 0. The first-order chi connectivity index (χ1) is 24.3. The number of nitrogens with two attached hydrogens (primary N) is 3. The van der Waals surface area contributed by atoms with E-state index in [-0.39, 0.29) is 45.6 Å². The fourth-order valence-electron chi connectivity index (χ4n) is 4.36. The molecule has 0 spiro atoms. The van der Waals surface area contributed by atoms with Crippen molar-refractivity contribution >= 4 is 41.1 Å². The fraction of sp³-hybridized carbons (Fsp3) is 0.294. The molecule has 0 amide bonds. The second-order valence-corrected chi connectivity index (χ2v) is 12.5. The molecule has 0 aliphatic heterocycles. The van der Waals surface area contributed by atoms with Crippen LogP contribution >= 0.6 is 23.4 Å². The number of ether oxygens (including phenoxy) is 3. The van der Waals surface area contributed by atoms with Gasteiger partial charge in [-0.15, -0.1) is 0 Å². The highest BCUT2D eigenvalue weighted by atomic mass is 35.5. The van der Waals surface area contributed by atoms with Crippen LogP contribution in [0, 0.1) is 22.7 Å². The Morgan fingerprint density at radius 1 is 0.922 bits per heavy atom. The molecule has 0 fully saturated rings. The molecule has 5 unspecified atom stereocenters. The summed E-state index contributed by atoms with van der Waals surface area (Å²) in [6, 6.07) is 14.8. The van der Waals surface area contributed by atoms with Crippen LogP contribution in [0.2, 0.25) is 5.02 Å². The van der Waals surface area contributed by atoms with Gasteiger partial charge in [0.2, 0.25) is 5.89 Å². The first-order valence-electron chi connectivity index (χ1n) is 15.3. The number of aliphatic hydroxyl groups excluding tert-OH is 2. The van der Waals surface area contributed by atoms with E-state index in [0.717, 1.165) is 5.56 Å². The average molecular weight is 736 g/mol. The third-order valence-corrected chi connectivity index (χ3v) is 8.53. The van der Waals surface area contributed by atoms with Gasteiger partial charge in [-0.05, 0) is 55.8 Å². The number of thioether (sulfide) groups is 1. The van der Waals surface area contributed by atoms with Crippen molar-refractivity contribution in [2.45, 2.75) is 55.0 Å². The van der Waals surface area contributed by atoms with E-state index in [1.165, 1.54) is 31.9 Å². The third kappa shape index (κ3) is 9.95. The molecular formula is C34H34ClN7O8S. The molecule has 4 aromatic rings. The summed E-state index contributed by atoms with van der Waals surface area (Å²) in [5.74, 6) is -1.01. The zero-order chi connectivity index (χ0) is 37.2. The Morgan fingerprint density at radius 3 is 2.14 bits per heavy atom. The molecule has 2 aromatic carbocycles. The number of nitriles is 2. The Balaban J connectivity index is 1.51. The van der Waals surface area contributed by atoms with Crippen molar-refractivity contribution < 1.29 is 38.4 Å². The lowest BCUT2D eigenvalue weighted by molar-refractivity contribution is -0.165. The lowest BCUT2D eigenvalue weighted by Crippen LogP contribution is -2.46. The highest BCUT2D eigenvalue weighted by molar-refractivity contribution is 7.98. The Labute approximate surface area is 301 Å². The number of carbonyl (C=O) groups is 2. The van der Waals surface area contributed by atoms with E-state index in [1.54, 1.807) is 48.5 Å². The molecular weight excluding hydrogens is 702 g/mol. The first kappa shape index (κ1) is 38.6. The lowest BCUT2D eigenvalue weighted by atomic mass is 9.97. The van der Waals surface area contributed by atoms with Crippen molar-refractivity contribution in [3.05, 3.63) is 76.6 Å². The van der Waals surface area contributed by atoms with Crippen LogP contribution < -0.4 is 21.9 Å². The van der Waals surface area contributed by atoms with Gasteiger partial charge in [0.05, 0.1) is 23.5 Å². The molecule has 0 bridgehead atoms. The number of halogens is 1. The molecule has 2 aromatic heterocycles. The Hall–Kier alpha value is -5.20. The van der Waals surface area contributed by atoms with E-state index in [2.05, 4.69) is 16.0 Å². The SMILES string of the molecule is CC(O)C(N)C(=O)OCC(COc1ccc(-c2c(C#N)c(N)nc(SCc3coc(-c4ccc(Cl)cc4)n3)c2C#N)cc1)OC(=O)C(N)C(C)O. The number of aliphatic hydroxyl groups is 2. The number of oxazole rings is 1. The van der Waals surface area contributed by atoms with Gasteiger partial charge in [-0.2, -0.15) is 10.5 Å². The van der Waals surface area contributed by atoms with E-state index in [1.807, 2.05) is 6.07 Å². The lowest BCUT2D eigenvalue weighted by Gasteiger charge is -2.22. The average Bonchev–Trinajstić information content (AvgIpc) is 3.60. The molecule has 0 aliphatic carbocycles. The van der Waals surface area contributed by atoms with Crippen molar-refractivity contribution in [1.29, 1.82) is 10.5 Å². The number of pyridine rings is 1. The van der Waals surface area contributed by atoms with Crippen LogP contribution in [0.15, 0.2) is 64.2 Å². The van der Waals surface area contributed by atoms with E-state index in [4.69, 9.17) is 47.4 Å². The van der Waals surface area contributed by atoms with E-state index >= 15 is 0 Å². The van der Waals surface area contributed by atoms with Crippen LogP contribution in [-0.4, -0.2) is 75.7 Å².